The van der Waals surface area contributed by atoms with Crippen LogP contribution in [0.1, 0.15) is 52.6 Å². The van der Waals surface area contributed by atoms with Gasteiger partial charge in [-0.15, -0.1) is 0 Å². The second-order valence-electron chi connectivity index (χ2n) is 18.8. The van der Waals surface area contributed by atoms with Gasteiger partial charge in [0.1, 0.15) is 24.8 Å². The van der Waals surface area contributed by atoms with Gasteiger partial charge in [0.25, 0.3) is 11.8 Å². The summed E-state index contributed by atoms with van der Waals surface area (Å²) in [4.78, 5) is 66.2. The second-order valence-corrected chi connectivity index (χ2v) is 19.6. The molecule has 5 aliphatic rings. The number of rotatable bonds is 5. The number of benzene rings is 5. The van der Waals surface area contributed by atoms with Crippen molar-refractivity contribution < 1.29 is 42.2 Å². The number of hydrogen-bond acceptors (Lipinski definition) is 9. The molecule has 10 rings (SSSR count). The third-order valence-electron chi connectivity index (χ3n) is 12.7. The van der Waals surface area contributed by atoms with Crippen LogP contribution >= 0.6 is 23.2 Å². The van der Waals surface area contributed by atoms with Crippen LogP contribution in [0.2, 0.25) is 10.0 Å². The molecule has 75 heavy (non-hydrogen) atoms. The van der Waals surface area contributed by atoms with Crippen molar-refractivity contribution in [2.45, 2.75) is 60.8 Å². The molecule has 14 nitrogen and oxygen atoms in total. The number of nitrogens with zero attached hydrogens (tertiary/aromatic N) is 5. The highest BCUT2D eigenvalue weighted by atomic mass is 35.5. The molecule has 0 saturated carbocycles. The Bertz CT molecular complexity index is 2400. The van der Waals surface area contributed by atoms with Crippen LogP contribution in [0.4, 0.5) is 37.2 Å². The van der Waals surface area contributed by atoms with Crippen molar-refractivity contribution in [1.82, 2.24) is 10.6 Å². The van der Waals surface area contributed by atoms with Gasteiger partial charge < -0.3 is 44.6 Å². The molecule has 0 aromatic heterocycles. The first kappa shape index (κ1) is 58.0. The monoisotopic (exact) mass is 1070 g/mol. The Morgan fingerprint density at radius 3 is 1.20 bits per heavy atom. The van der Waals surface area contributed by atoms with Gasteiger partial charge in [0.15, 0.2) is 0 Å². The molecule has 2 N–H and O–H groups in total. The van der Waals surface area contributed by atoms with E-state index in [1.54, 1.807) is 28.0 Å². The molecule has 5 saturated heterocycles. The fourth-order valence-electron chi connectivity index (χ4n) is 8.76. The van der Waals surface area contributed by atoms with Crippen molar-refractivity contribution in [3.05, 3.63) is 146 Å². The molecule has 0 spiro atoms. The lowest BCUT2D eigenvalue weighted by molar-refractivity contribution is -0.126. The highest BCUT2D eigenvalue weighted by Gasteiger charge is 2.26. The Morgan fingerprint density at radius 1 is 0.427 bits per heavy atom. The molecule has 0 radical (unpaired) electrons. The summed E-state index contributed by atoms with van der Waals surface area (Å²) in [6.07, 6.45) is 2.71. The van der Waals surface area contributed by atoms with Crippen molar-refractivity contribution in [2.24, 2.45) is 0 Å². The molecule has 0 aliphatic carbocycles. The van der Waals surface area contributed by atoms with Crippen LogP contribution in [0, 0.1) is 53.2 Å². The third-order valence-corrected chi connectivity index (χ3v) is 13.3. The van der Waals surface area contributed by atoms with Crippen molar-refractivity contribution in [3.63, 3.8) is 0 Å². The van der Waals surface area contributed by atoms with E-state index in [1.807, 2.05) is 81.1 Å². The van der Waals surface area contributed by atoms with Gasteiger partial charge in [-0.1, -0.05) is 65.2 Å². The van der Waals surface area contributed by atoms with Crippen LogP contribution in [0.25, 0.3) is 0 Å². The van der Waals surface area contributed by atoms with Gasteiger partial charge in [0.2, 0.25) is 17.7 Å². The Balaban J connectivity index is 0.000000152. The molecule has 18 heteroatoms. The standard InChI is InChI=1S/C12H14ClNO.C12H16N2O.C11H12ClNO2.C11H13FN2O.C11H12FNO2/c1-9-5-6-11(10(13)8-9)14-7-3-2-4-12(14)15;1-9-3-4-11(10(2)7-9)14-6-5-13-8-12(14)15;1-8-2-3-10(9(12)6-8)13-4-5-15-7-11(13)14;1-8-2-3-10(9(12)6-8)14-5-4-13-7-11(14)15;1-8-2-3-10(9(12)6-8)13-4-5-15-7-11(13)14/h5-6,8H,2-4,7H2,1H3;3-4,7,13H,5-6,8H2,1-2H3;2-3,6H,4-5,7H2,1H3;2-3,6,13H,4-5,7H2,1H3;2-3,6H,4-5,7H2,1H3. The maximum atomic E-state index is 13.6. The van der Waals surface area contributed by atoms with Crippen LogP contribution in [-0.2, 0) is 33.4 Å². The number of piperazine rings is 2. The largest absolute Gasteiger partial charge is 0.370 e. The molecule has 5 amide bonds. The van der Waals surface area contributed by atoms with Gasteiger partial charge in [0.05, 0.1) is 59.1 Å². The van der Waals surface area contributed by atoms with Crippen molar-refractivity contribution in [1.29, 1.82) is 0 Å². The Hall–Kier alpha value is -6.27. The van der Waals surface area contributed by atoms with Gasteiger partial charge in [-0.3, -0.25) is 24.0 Å². The van der Waals surface area contributed by atoms with Crippen LogP contribution in [-0.4, -0.2) is 115 Å². The summed E-state index contributed by atoms with van der Waals surface area (Å²) in [6.45, 7) is 18.3. The number of ether oxygens (including phenoxy) is 2. The van der Waals surface area contributed by atoms with Crippen LogP contribution < -0.4 is 35.1 Å². The number of aryl methyl sites for hydroxylation is 6. The number of amides is 5. The molecule has 400 valence electrons. The summed E-state index contributed by atoms with van der Waals surface area (Å²) in [6, 6.07) is 27.5. The van der Waals surface area contributed by atoms with Gasteiger partial charge in [-0.2, -0.15) is 0 Å². The maximum Gasteiger partial charge on any atom is 0.253 e. The molecular formula is C57H67Cl2F2N7O7. The maximum absolute atomic E-state index is 13.6. The zero-order valence-electron chi connectivity index (χ0n) is 43.6. The predicted octanol–water partition coefficient (Wildman–Crippen LogP) is 8.98. The van der Waals surface area contributed by atoms with Crippen molar-refractivity contribution in [3.8, 4) is 0 Å². The SMILES string of the molecule is Cc1ccc(N2CCCCC2=O)c(Cl)c1.Cc1ccc(N2CCNCC2=O)c(C)c1.Cc1ccc(N2CCNCC2=O)c(F)c1.Cc1ccc(N2CCOCC2=O)c(Cl)c1.Cc1ccc(N2CCOCC2=O)c(F)c1. The molecule has 5 aliphatic heterocycles. The van der Waals surface area contributed by atoms with E-state index in [4.69, 9.17) is 32.7 Å². The van der Waals surface area contributed by atoms with E-state index in [2.05, 4.69) is 36.6 Å². The summed E-state index contributed by atoms with van der Waals surface area (Å²) in [5.74, 6) is -0.643. The summed E-state index contributed by atoms with van der Waals surface area (Å²) in [5, 5.41) is 7.31. The smallest absolute Gasteiger partial charge is 0.253 e. The van der Waals surface area contributed by atoms with Crippen LogP contribution in [0.15, 0.2) is 91.0 Å². The zero-order valence-corrected chi connectivity index (χ0v) is 45.1. The average molecular weight is 1070 g/mol. The molecule has 0 bridgehead atoms. The van der Waals surface area contributed by atoms with E-state index in [0.717, 1.165) is 71.8 Å². The first-order valence-corrected chi connectivity index (χ1v) is 25.9. The van der Waals surface area contributed by atoms with Gasteiger partial charge >= 0.3 is 0 Å². The summed E-state index contributed by atoms with van der Waals surface area (Å²) in [7, 11) is 0. The number of carbonyl (C=O) groups excluding carboxylic acids is 5. The van der Waals surface area contributed by atoms with Gasteiger partial charge in [0, 0.05) is 57.9 Å². The normalized spacial score (nSPS) is 16.9. The highest BCUT2D eigenvalue weighted by molar-refractivity contribution is 6.34. The number of morpholine rings is 2. The highest BCUT2D eigenvalue weighted by Crippen LogP contribution is 2.31. The molecular weight excluding hydrogens is 1000 g/mol. The molecule has 5 aromatic rings. The average Bonchev–Trinajstić information content (AvgIpc) is 3.37. The number of hydrogen-bond donors (Lipinski definition) is 2. The Morgan fingerprint density at radius 2 is 0.800 bits per heavy atom. The summed E-state index contributed by atoms with van der Waals surface area (Å²) >= 11 is 12.2. The first-order chi connectivity index (χ1) is 35.9. The quantitative estimate of drug-likeness (QED) is 0.176. The lowest BCUT2D eigenvalue weighted by atomic mass is 10.1. The van der Waals surface area contributed by atoms with E-state index in [9.17, 15) is 32.8 Å². The number of carbonyl (C=O) groups is 5. The van der Waals surface area contributed by atoms with Gasteiger partial charge in [-0.05, 0) is 137 Å². The molecule has 5 aromatic carbocycles. The van der Waals surface area contributed by atoms with E-state index in [1.165, 1.54) is 33.1 Å². The summed E-state index contributed by atoms with van der Waals surface area (Å²) in [5.41, 5.74) is 9.72. The minimum atomic E-state index is -0.356. The van der Waals surface area contributed by atoms with E-state index >= 15 is 0 Å². The second kappa shape index (κ2) is 28.0. The fraction of sp³-hybridized carbons (Fsp3) is 0.386. The van der Waals surface area contributed by atoms with E-state index < -0.39 is 0 Å². The van der Waals surface area contributed by atoms with E-state index in [-0.39, 0.29) is 60.9 Å². The van der Waals surface area contributed by atoms with Crippen LogP contribution in [0.3, 0.4) is 0 Å². The topological polar surface area (TPSA) is 144 Å². The zero-order chi connectivity index (χ0) is 54.2. The minimum Gasteiger partial charge on any atom is -0.370 e. The molecule has 5 fully saturated rings. The lowest BCUT2D eigenvalue weighted by Gasteiger charge is -2.28. The summed E-state index contributed by atoms with van der Waals surface area (Å²) < 4.78 is 37.2. The molecule has 0 atom stereocenters. The number of anilines is 5. The third kappa shape index (κ3) is 16.4. The minimum absolute atomic E-state index is 0.0350. The first-order valence-electron chi connectivity index (χ1n) is 25.1. The number of halogens is 4. The van der Waals surface area contributed by atoms with E-state index in [0.29, 0.717) is 73.8 Å². The number of piperidine rings is 1. The molecule has 0 unspecified atom stereocenters. The van der Waals surface area contributed by atoms with Crippen molar-refractivity contribution >= 4 is 81.2 Å². The molecule has 5 heterocycles. The number of nitrogens with one attached hydrogen (secondary N) is 2. The Labute approximate surface area is 448 Å². The van der Waals surface area contributed by atoms with Crippen molar-refractivity contribution in [2.75, 3.05) is 110 Å². The fourth-order valence-corrected chi connectivity index (χ4v) is 9.43. The predicted molar refractivity (Wildman–Crippen MR) is 294 cm³/mol. The van der Waals surface area contributed by atoms with Gasteiger partial charge in [-0.25, -0.2) is 8.78 Å². The lowest BCUT2D eigenvalue weighted by Crippen LogP contribution is -2.48. The van der Waals surface area contributed by atoms with Crippen LogP contribution in [0.5, 0.6) is 0 Å². The Kier molecular flexibility index (Phi) is 21.7.